The Morgan fingerprint density at radius 1 is 0.973 bits per heavy atom. The lowest BCUT2D eigenvalue weighted by Gasteiger charge is -2.72. The maximum absolute atomic E-state index is 14.3. The van der Waals surface area contributed by atoms with E-state index < -0.39 is 57.1 Å². The van der Waals surface area contributed by atoms with E-state index in [9.17, 15) is 34.8 Å². The van der Waals surface area contributed by atoms with Crippen LogP contribution < -0.4 is 0 Å². The minimum atomic E-state index is -1.31. The van der Waals surface area contributed by atoms with Gasteiger partial charge in [-0.05, 0) is 98.2 Å². The van der Waals surface area contributed by atoms with Crippen molar-refractivity contribution in [1.82, 2.24) is 0 Å². The van der Waals surface area contributed by atoms with Gasteiger partial charge in [-0.25, -0.2) is 0 Å². The highest BCUT2D eigenvalue weighted by atomic mass is 16.4. The van der Waals surface area contributed by atoms with Gasteiger partial charge in [-0.15, -0.1) is 0 Å². The SMILES string of the molecule is CC1(C)CC[C@]2(C(=O)O)[C@H](O)C[C@]3(C)[C@H](C(=O)C[C@@H]4[C@@](C)(CCC(=O)O)[C@H](C(C)(C)O)CC[C@]43C)[C@@H]2C1. The van der Waals surface area contributed by atoms with Crippen LogP contribution in [0.15, 0.2) is 0 Å². The maximum atomic E-state index is 14.3. The van der Waals surface area contributed by atoms with Crippen molar-refractivity contribution in [2.75, 3.05) is 0 Å². The number of carboxylic acids is 2. The van der Waals surface area contributed by atoms with Crippen LogP contribution in [0.2, 0.25) is 0 Å². The summed E-state index contributed by atoms with van der Waals surface area (Å²) >= 11 is 0. The van der Waals surface area contributed by atoms with Crippen LogP contribution >= 0.6 is 0 Å². The number of fused-ring (bicyclic) bond motifs is 5. The smallest absolute Gasteiger partial charge is 0.312 e. The Balaban J connectivity index is 1.86. The largest absolute Gasteiger partial charge is 0.481 e. The number of Topliss-reactive ketones (excluding diaryl/α,β-unsaturated/α-hetero) is 1. The molecule has 4 N–H and O–H groups in total. The molecule has 9 atom stereocenters. The summed E-state index contributed by atoms with van der Waals surface area (Å²) in [7, 11) is 0. The number of aliphatic hydroxyl groups excluding tert-OH is 1. The molecule has 4 fully saturated rings. The van der Waals surface area contributed by atoms with Crippen LogP contribution in [0.5, 0.6) is 0 Å². The topological polar surface area (TPSA) is 132 Å². The van der Waals surface area contributed by atoms with Crippen LogP contribution in [0.3, 0.4) is 0 Å². The number of carboxylic acid groups (broad SMARTS) is 2. The van der Waals surface area contributed by atoms with Gasteiger partial charge < -0.3 is 20.4 Å². The average Bonchev–Trinajstić information content (AvgIpc) is 2.72. The second kappa shape index (κ2) is 8.51. The zero-order valence-corrected chi connectivity index (χ0v) is 23.8. The molecule has 0 unspecified atom stereocenters. The van der Waals surface area contributed by atoms with Crippen molar-refractivity contribution in [1.29, 1.82) is 0 Å². The summed E-state index contributed by atoms with van der Waals surface area (Å²) < 4.78 is 0. The standard InChI is InChI=1S/C30H48O7/c1-25(2)12-13-30(24(35)36)17(15-25)23-18(31)14-20-27(5,10-9-22(33)34)19(26(3,4)37)8-11-28(20,6)29(23,7)16-21(30)32/h17,19-21,23,32,37H,8-16H2,1-7H3,(H,33,34)(H,35,36)/t17-,19-,20+,21+,23-,27-,28+,29+,30+/m0/s1. The van der Waals surface area contributed by atoms with Gasteiger partial charge in [0, 0.05) is 18.8 Å². The number of aliphatic carboxylic acids is 2. The molecule has 0 amide bonds. The molecule has 0 bridgehead atoms. The maximum Gasteiger partial charge on any atom is 0.312 e. The van der Waals surface area contributed by atoms with Crippen molar-refractivity contribution in [3.05, 3.63) is 0 Å². The summed E-state index contributed by atoms with van der Waals surface area (Å²) in [6.45, 7) is 14.2. The molecular weight excluding hydrogens is 472 g/mol. The van der Waals surface area contributed by atoms with E-state index in [4.69, 9.17) is 0 Å². The quantitative estimate of drug-likeness (QED) is 0.404. The van der Waals surface area contributed by atoms with E-state index in [1.54, 1.807) is 13.8 Å². The second-order valence-electron chi connectivity index (χ2n) is 15.2. The van der Waals surface area contributed by atoms with Gasteiger partial charge in [-0.1, -0.05) is 34.6 Å². The van der Waals surface area contributed by atoms with E-state index >= 15 is 0 Å². The lowest BCUT2D eigenvalue weighted by molar-refractivity contribution is -0.256. The summed E-state index contributed by atoms with van der Waals surface area (Å²) in [5.74, 6) is -3.06. The Labute approximate surface area is 221 Å². The third kappa shape index (κ3) is 3.92. The van der Waals surface area contributed by atoms with Crippen LogP contribution in [0.4, 0.5) is 0 Å². The normalized spacial score (nSPS) is 47.4. The molecule has 4 saturated carbocycles. The molecule has 0 saturated heterocycles. The van der Waals surface area contributed by atoms with Crippen molar-refractivity contribution in [2.45, 2.75) is 118 Å². The summed E-state index contributed by atoms with van der Waals surface area (Å²) in [5, 5.41) is 42.9. The van der Waals surface area contributed by atoms with Crippen LogP contribution in [-0.4, -0.2) is 49.9 Å². The molecular formula is C30H48O7. The number of rotatable bonds is 5. The Morgan fingerprint density at radius 3 is 2.14 bits per heavy atom. The Morgan fingerprint density at radius 2 is 1.59 bits per heavy atom. The Bertz CT molecular complexity index is 981. The number of hydrogen-bond acceptors (Lipinski definition) is 5. The van der Waals surface area contributed by atoms with Gasteiger partial charge >= 0.3 is 11.9 Å². The van der Waals surface area contributed by atoms with Gasteiger partial charge in [0.05, 0.1) is 17.1 Å². The number of ketones is 1. The highest BCUT2D eigenvalue weighted by molar-refractivity contribution is 5.86. The lowest BCUT2D eigenvalue weighted by Crippen LogP contribution is -2.71. The molecule has 0 aromatic rings. The monoisotopic (exact) mass is 520 g/mol. The Kier molecular flexibility index (Phi) is 6.57. The molecule has 0 aliphatic heterocycles. The summed E-state index contributed by atoms with van der Waals surface area (Å²) in [6.07, 6.45) is 2.90. The first kappa shape index (κ1) is 28.5. The molecule has 7 nitrogen and oxygen atoms in total. The van der Waals surface area contributed by atoms with Crippen molar-refractivity contribution in [3.8, 4) is 0 Å². The summed E-state index contributed by atoms with van der Waals surface area (Å²) in [4.78, 5) is 38.8. The van der Waals surface area contributed by atoms with Gasteiger partial charge in [0.1, 0.15) is 5.78 Å². The first-order valence-electron chi connectivity index (χ1n) is 14.1. The van der Waals surface area contributed by atoms with Crippen molar-refractivity contribution in [2.24, 2.45) is 50.7 Å². The van der Waals surface area contributed by atoms with E-state index in [0.717, 1.165) is 6.42 Å². The lowest BCUT2D eigenvalue weighted by atomic mass is 9.32. The first-order chi connectivity index (χ1) is 16.8. The van der Waals surface area contributed by atoms with Crippen molar-refractivity contribution in [3.63, 3.8) is 0 Å². The number of carbonyl (C=O) groups is 3. The van der Waals surface area contributed by atoms with E-state index in [2.05, 4.69) is 34.6 Å². The average molecular weight is 521 g/mol. The molecule has 37 heavy (non-hydrogen) atoms. The first-order valence-corrected chi connectivity index (χ1v) is 14.1. The second-order valence-corrected chi connectivity index (χ2v) is 15.2. The molecule has 0 heterocycles. The molecule has 4 rings (SSSR count). The van der Waals surface area contributed by atoms with Crippen LogP contribution in [-0.2, 0) is 14.4 Å². The predicted octanol–water partition coefficient (Wildman–Crippen LogP) is 4.92. The minimum Gasteiger partial charge on any atom is -0.481 e. The van der Waals surface area contributed by atoms with E-state index in [-0.39, 0.29) is 42.3 Å². The van der Waals surface area contributed by atoms with Gasteiger partial charge in [0.2, 0.25) is 0 Å². The van der Waals surface area contributed by atoms with E-state index in [1.807, 2.05) is 0 Å². The fourth-order valence-electron chi connectivity index (χ4n) is 10.4. The molecule has 210 valence electrons. The third-order valence-corrected chi connectivity index (χ3v) is 12.4. The number of carbonyl (C=O) groups excluding carboxylic acids is 1. The predicted molar refractivity (Wildman–Crippen MR) is 139 cm³/mol. The molecule has 0 aromatic carbocycles. The fourth-order valence-corrected chi connectivity index (χ4v) is 10.4. The van der Waals surface area contributed by atoms with E-state index in [1.165, 1.54) is 0 Å². The highest BCUT2D eigenvalue weighted by Gasteiger charge is 2.74. The molecule has 4 aliphatic rings. The fraction of sp³-hybridized carbons (Fsp3) is 0.900. The van der Waals surface area contributed by atoms with Gasteiger partial charge in [-0.3, -0.25) is 14.4 Å². The third-order valence-electron chi connectivity index (χ3n) is 12.4. The van der Waals surface area contributed by atoms with Crippen molar-refractivity contribution < 1.29 is 34.8 Å². The molecule has 0 spiro atoms. The van der Waals surface area contributed by atoms with Crippen LogP contribution in [0.25, 0.3) is 0 Å². The molecule has 0 aromatic heterocycles. The number of aliphatic hydroxyl groups is 2. The Hall–Kier alpha value is -1.47. The summed E-state index contributed by atoms with van der Waals surface area (Å²) in [6, 6.07) is 0. The van der Waals surface area contributed by atoms with Gasteiger partial charge in [-0.2, -0.15) is 0 Å². The zero-order valence-electron chi connectivity index (χ0n) is 23.8. The van der Waals surface area contributed by atoms with Crippen LogP contribution in [0.1, 0.15) is 106 Å². The molecule has 4 aliphatic carbocycles. The van der Waals surface area contributed by atoms with Crippen LogP contribution in [0, 0.1) is 50.7 Å². The number of hydrogen-bond donors (Lipinski definition) is 4. The zero-order chi connectivity index (χ0) is 28.0. The highest BCUT2D eigenvalue weighted by Crippen LogP contribution is 2.75. The molecule has 0 radical (unpaired) electrons. The summed E-state index contributed by atoms with van der Waals surface area (Å²) in [5.41, 5.74) is -4.09. The van der Waals surface area contributed by atoms with Gasteiger partial charge in [0.15, 0.2) is 0 Å². The minimum absolute atomic E-state index is 0.0362. The molecule has 7 heteroatoms. The van der Waals surface area contributed by atoms with E-state index in [0.29, 0.717) is 32.1 Å². The van der Waals surface area contributed by atoms with Gasteiger partial charge in [0.25, 0.3) is 0 Å². The van der Waals surface area contributed by atoms with Crippen molar-refractivity contribution >= 4 is 17.7 Å².